The third-order valence-electron chi connectivity index (χ3n) is 2.83. The van der Waals surface area contributed by atoms with Gasteiger partial charge in [0.25, 0.3) is 5.91 Å². The fraction of sp³-hybridized carbons (Fsp3) is 0.364. The van der Waals surface area contributed by atoms with Gasteiger partial charge in [-0.25, -0.2) is 5.84 Å². The van der Waals surface area contributed by atoms with Crippen molar-refractivity contribution in [1.29, 1.82) is 0 Å². The number of nitrogen functional groups attached to an aromatic ring is 1. The highest BCUT2D eigenvalue weighted by Gasteiger charge is 2.18. The van der Waals surface area contributed by atoms with E-state index in [0.717, 1.165) is 19.6 Å². The van der Waals surface area contributed by atoms with Crippen LogP contribution in [-0.2, 0) is 13.1 Å². The van der Waals surface area contributed by atoms with Crippen LogP contribution in [0.2, 0.25) is 0 Å². The third-order valence-corrected chi connectivity index (χ3v) is 2.83. The number of hydrogen-bond donors (Lipinski definition) is 2. The molecular formula is C11H15N3O. The van der Waals surface area contributed by atoms with Crippen molar-refractivity contribution in [1.82, 2.24) is 10.3 Å². The molecule has 1 aromatic carbocycles. The van der Waals surface area contributed by atoms with Crippen molar-refractivity contribution in [3.63, 3.8) is 0 Å². The maximum absolute atomic E-state index is 11.3. The largest absolute Gasteiger partial charge is 0.295 e. The predicted octanol–water partition coefficient (Wildman–Crippen LogP) is 0.626. The van der Waals surface area contributed by atoms with Crippen LogP contribution in [0.15, 0.2) is 18.2 Å². The minimum Gasteiger partial charge on any atom is -0.295 e. The molecule has 4 heteroatoms. The molecule has 1 aliphatic heterocycles. The number of amides is 1. The van der Waals surface area contributed by atoms with Gasteiger partial charge in [-0.15, -0.1) is 0 Å². The molecule has 0 spiro atoms. The molecule has 1 amide bonds. The molecule has 3 N–H and O–H groups in total. The van der Waals surface area contributed by atoms with Crippen molar-refractivity contribution in [2.45, 2.75) is 20.0 Å². The second-order valence-electron chi connectivity index (χ2n) is 3.76. The molecule has 0 fully saturated rings. The number of hydrogen-bond acceptors (Lipinski definition) is 3. The van der Waals surface area contributed by atoms with Gasteiger partial charge in [0, 0.05) is 18.7 Å². The van der Waals surface area contributed by atoms with E-state index in [9.17, 15) is 4.79 Å². The monoisotopic (exact) mass is 205 g/mol. The van der Waals surface area contributed by atoms with Gasteiger partial charge in [-0.05, 0) is 29.8 Å². The van der Waals surface area contributed by atoms with Gasteiger partial charge in [-0.1, -0.05) is 13.0 Å². The fourth-order valence-electron chi connectivity index (χ4n) is 1.91. The summed E-state index contributed by atoms with van der Waals surface area (Å²) in [5.74, 6) is 4.86. The molecule has 0 bridgehead atoms. The van der Waals surface area contributed by atoms with Crippen LogP contribution < -0.4 is 11.3 Å². The number of nitrogens with one attached hydrogen (secondary N) is 1. The summed E-state index contributed by atoms with van der Waals surface area (Å²) in [6.07, 6.45) is 0. The summed E-state index contributed by atoms with van der Waals surface area (Å²) in [6, 6.07) is 5.75. The number of hydrazine groups is 1. The Morgan fingerprint density at radius 2 is 2.20 bits per heavy atom. The van der Waals surface area contributed by atoms with E-state index in [-0.39, 0.29) is 5.91 Å². The lowest BCUT2D eigenvalue weighted by Gasteiger charge is -2.09. The van der Waals surface area contributed by atoms with Gasteiger partial charge >= 0.3 is 0 Å². The molecule has 1 heterocycles. The van der Waals surface area contributed by atoms with Gasteiger partial charge in [-0.3, -0.25) is 15.1 Å². The van der Waals surface area contributed by atoms with Crippen LogP contribution in [0.5, 0.6) is 0 Å². The highest BCUT2D eigenvalue weighted by Crippen LogP contribution is 2.23. The van der Waals surface area contributed by atoms with Crippen molar-refractivity contribution < 1.29 is 4.79 Å². The van der Waals surface area contributed by atoms with Crippen LogP contribution in [0.3, 0.4) is 0 Å². The van der Waals surface area contributed by atoms with E-state index in [1.807, 2.05) is 18.2 Å². The zero-order valence-corrected chi connectivity index (χ0v) is 8.79. The third kappa shape index (κ3) is 1.86. The Balaban J connectivity index is 2.26. The van der Waals surface area contributed by atoms with Crippen molar-refractivity contribution in [3.8, 4) is 0 Å². The fourth-order valence-corrected chi connectivity index (χ4v) is 1.91. The predicted molar refractivity (Wildman–Crippen MR) is 57.9 cm³/mol. The minimum absolute atomic E-state index is 0.229. The van der Waals surface area contributed by atoms with Gasteiger partial charge in [0.05, 0.1) is 0 Å². The summed E-state index contributed by atoms with van der Waals surface area (Å²) >= 11 is 0. The van der Waals surface area contributed by atoms with Crippen molar-refractivity contribution in [3.05, 3.63) is 34.9 Å². The zero-order chi connectivity index (χ0) is 10.8. The van der Waals surface area contributed by atoms with Crippen LogP contribution in [0.4, 0.5) is 0 Å². The second kappa shape index (κ2) is 4.00. The van der Waals surface area contributed by atoms with E-state index < -0.39 is 0 Å². The Labute approximate surface area is 89.0 Å². The average molecular weight is 205 g/mol. The average Bonchev–Trinajstić information content (AvgIpc) is 2.69. The first-order valence-corrected chi connectivity index (χ1v) is 5.09. The molecular weight excluding hydrogens is 190 g/mol. The molecule has 1 aromatic rings. The highest BCUT2D eigenvalue weighted by molar-refractivity contribution is 5.94. The molecule has 0 aliphatic carbocycles. The summed E-state index contributed by atoms with van der Waals surface area (Å²) < 4.78 is 0. The van der Waals surface area contributed by atoms with Gasteiger partial charge in [0.1, 0.15) is 0 Å². The standard InChI is InChI=1S/C11H15N3O/c1-2-14-6-9-4-3-8(11(15)13-12)5-10(9)7-14/h3-5H,2,6-7,12H2,1H3,(H,13,15). The lowest BCUT2D eigenvalue weighted by molar-refractivity contribution is 0.0953. The molecule has 80 valence electrons. The Bertz CT molecular complexity index is 389. The van der Waals surface area contributed by atoms with Crippen LogP contribution in [0, 0.1) is 0 Å². The molecule has 15 heavy (non-hydrogen) atoms. The highest BCUT2D eigenvalue weighted by atomic mass is 16.2. The molecule has 1 aliphatic rings. The number of carbonyl (C=O) groups excluding carboxylic acids is 1. The van der Waals surface area contributed by atoms with Crippen LogP contribution in [0.1, 0.15) is 28.4 Å². The van der Waals surface area contributed by atoms with Gasteiger partial charge in [0.2, 0.25) is 0 Å². The first-order valence-electron chi connectivity index (χ1n) is 5.09. The molecule has 0 saturated heterocycles. The van der Waals surface area contributed by atoms with E-state index in [1.54, 1.807) is 0 Å². The summed E-state index contributed by atoms with van der Waals surface area (Å²) in [4.78, 5) is 13.6. The Morgan fingerprint density at radius 1 is 1.47 bits per heavy atom. The summed E-state index contributed by atoms with van der Waals surface area (Å²) in [7, 11) is 0. The molecule has 0 radical (unpaired) electrons. The van der Waals surface area contributed by atoms with Gasteiger partial charge < -0.3 is 0 Å². The Kier molecular flexibility index (Phi) is 2.70. The minimum atomic E-state index is -0.229. The lowest BCUT2D eigenvalue weighted by atomic mass is 10.1. The van der Waals surface area contributed by atoms with E-state index in [0.29, 0.717) is 5.56 Å². The van der Waals surface area contributed by atoms with Crippen molar-refractivity contribution in [2.75, 3.05) is 6.54 Å². The molecule has 0 aromatic heterocycles. The van der Waals surface area contributed by atoms with Crippen molar-refractivity contribution in [2.24, 2.45) is 5.84 Å². The number of rotatable bonds is 2. The van der Waals surface area contributed by atoms with Crippen LogP contribution in [-0.4, -0.2) is 17.4 Å². The number of fused-ring (bicyclic) bond motifs is 1. The summed E-state index contributed by atoms with van der Waals surface area (Å²) in [5.41, 5.74) is 5.32. The molecule has 0 saturated carbocycles. The maximum Gasteiger partial charge on any atom is 0.265 e. The Morgan fingerprint density at radius 3 is 2.87 bits per heavy atom. The second-order valence-corrected chi connectivity index (χ2v) is 3.76. The number of carbonyl (C=O) groups is 1. The summed E-state index contributed by atoms with van der Waals surface area (Å²) in [5, 5.41) is 0. The van der Waals surface area contributed by atoms with Crippen LogP contribution in [0.25, 0.3) is 0 Å². The topological polar surface area (TPSA) is 58.4 Å². The number of benzene rings is 1. The normalized spacial score (nSPS) is 15.1. The summed E-state index contributed by atoms with van der Waals surface area (Å²) in [6.45, 7) is 5.08. The first-order chi connectivity index (χ1) is 7.24. The van der Waals surface area contributed by atoms with E-state index in [1.165, 1.54) is 11.1 Å². The first kappa shape index (κ1) is 10.1. The van der Waals surface area contributed by atoms with E-state index in [4.69, 9.17) is 5.84 Å². The molecule has 2 rings (SSSR count). The smallest absolute Gasteiger partial charge is 0.265 e. The Hall–Kier alpha value is -1.39. The van der Waals surface area contributed by atoms with Gasteiger partial charge in [0.15, 0.2) is 0 Å². The lowest BCUT2D eigenvalue weighted by Crippen LogP contribution is -2.30. The quantitative estimate of drug-likeness (QED) is 0.423. The molecule has 0 atom stereocenters. The molecule has 4 nitrogen and oxygen atoms in total. The zero-order valence-electron chi connectivity index (χ0n) is 8.79. The number of nitrogens with two attached hydrogens (primary N) is 1. The van der Waals surface area contributed by atoms with Gasteiger partial charge in [-0.2, -0.15) is 0 Å². The SMILES string of the molecule is CCN1Cc2ccc(C(=O)NN)cc2C1. The van der Waals surface area contributed by atoms with Crippen molar-refractivity contribution >= 4 is 5.91 Å². The van der Waals surface area contributed by atoms with E-state index in [2.05, 4.69) is 17.2 Å². The van der Waals surface area contributed by atoms with Crippen LogP contribution >= 0.6 is 0 Å². The maximum atomic E-state index is 11.3. The number of nitrogens with zero attached hydrogens (tertiary/aromatic N) is 1. The van der Waals surface area contributed by atoms with E-state index >= 15 is 0 Å². The molecule has 0 unspecified atom stereocenters.